The SMILES string of the molecule is CCCCN(CC)c1ccc(CNCCOC)cc1C. The fourth-order valence-corrected chi connectivity index (χ4v) is 2.39. The first-order valence-corrected chi connectivity index (χ1v) is 7.77. The van der Waals surface area contributed by atoms with E-state index in [9.17, 15) is 0 Å². The van der Waals surface area contributed by atoms with E-state index in [1.54, 1.807) is 7.11 Å². The van der Waals surface area contributed by atoms with Crippen LogP contribution in [0.4, 0.5) is 5.69 Å². The van der Waals surface area contributed by atoms with Gasteiger partial charge in [0, 0.05) is 39.0 Å². The van der Waals surface area contributed by atoms with Gasteiger partial charge in [-0.2, -0.15) is 0 Å². The van der Waals surface area contributed by atoms with Crippen LogP contribution in [0, 0.1) is 6.92 Å². The van der Waals surface area contributed by atoms with Crippen molar-refractivity contribution in [2.75, 3.05) is 38.3 Å². The summed E-state index contributed by atoms with van der Waals surface area (Å²) in [5, 5.41) is 3.39. The van der Waals surface area contributed by atoms with E-state index in [0.29, 0.717) is 0 Å². The summed E-state index contributed by atoms with van der Waals surface area (Å²) in [6.45, 7) is 11.5. The average molecular weight is 278 g/mol. The molecule has 0 heterocycles. The third-order valence-electron chi connectivity index (χ3n) is 3.58. The lowest BCUT2D eigenvalue weighted by atomic mass is 10.1. The Kier molecular flexibility index (Phi) is 8.31. The number of anilines is 1. The fraction of sp³-hybridized carbons (Fsp3) is 0.647. The van der Waals surface area contributed by atoms with Crippen molar-refractivity contribution in [3.8, 4) is 0 Å². The summed E-state index contributed by atoms with van der Waals surface area (Å²) >= 11 is 0. The third kappa shape index (κ3) is 5.51. The summed E-state index contributed by atoms with van der Waals surface area (Å²) in [7, 11) is 1.73. The molecule has 0 atom stereocenters. The van der Waals surface area contributed by atoms with E-state index in [-0.39, 0.29) is 0 Å². The second-order valence-electron chi connectivity index (χ2n) is 5.22. The van der Waals surface area contributed by atoms with Gasteiger partial charge in [-0.25, -0.2) is 0 Å². The van der Waals surface area contributed by atoms with Crippen LogP contribution in [0.3, 0.4) is 0 Å². The second kappa shape index (κ2) is 9.78. The number of aryl methyl sites for hydroxylation is 1. The molecule has 20 heavy (non-hydrogen) atoms. The molecule has 1 aromatic rings. The summed E-state index contributed by atoms with van der Waals surface area (Å²) in [4.78, 5) is 2.47. The summed E-state index contributed by atoms with van der Waals surface area (Å²) in [5.41, 5.74) is 4.09. The molecule has 0 aliphatic heterocycles. The van der Waals surface area contributed by atoms with Gasteiger partial charge < -0.3 is 15.0 Å². The van der Waals surface area contributed by atoms with Gasteiger partial charge in [-0.3, -0.25) is 0 Å². The molecular formula is C17H30N2O. The van der Waals surface area contributed by atoms with Crippen LogP contribution in [0.2, 0.25) is 0 Å². The van der Waals surface area contributed by atoms with Gasteiger partial charge in [-0.15, -0.1) is 0 Å². The zero-order chi connectivity index (χ0) is 14.8. The average Bonchev–Trinajstić information content (AvgIpc) is 2.46. The maximum absolute atomic E-state index is 5.04. The number of nitrogens with one attached hydrogen (secondary N) is 1. The van der Waals surface area contributed by atoms with Crippen molar-refractivity contribution in [1.82, 2.24) is 5.32 Å². The predicted molar refractivity (Wildman–Crippen MR) is 87.6 cm³/mol. The monoisotopic (exact) mass is 278 g/mol. The fourth-order valence-electron chi connectivity index (χ4n) is 2.39. The molecule has 3 heteroatoms. The first-order chi connectivity index (χ1) is 9.72. The third-order valence-corrected chi connectivity index (χ3v) is 3.58. The minimum Gasteiger partial charge on any atom is -0.383 e. The number of hydrogen-bond donors (Lipinski definition) is 1. The molecule has 1 N–H and O–H groups in total. The van der Waals surface area contributed by atoms with Crippen molar-refractivity contribution in [3.05, 3.63) is 29.3 Å². The van der Waals surface area contributed by atoms with E-state index in [0.717, 1.165) is 32.8 Å². The molecule has 0 aliphatic carbocycles. The number of hydrogen-bond acceptors (Lipinski definition) is 3. The van der Waals surface area contributed by atoms with E-state index >= 15 is 0 Å². The Bertz CT molecular complexity index is 379. The van der Waals surface area contributed by atoms with Gasteiger partial charge in [-0.05, 0) is 37.5 Å². The van der Waals surface area contributed by atoms with Crippen LogP contribution in [0.15, 0.2) is 18.2 Å². The Morgan fingerprint density at radius 1 is 1.25 bits per heavy atom. The van der Waals surface area contributed by atoms with E-state index in [1.807, 2.05) is 0 Å². The maximum Gasteiger partial charge on any atom is 0.0587 e. The van der Waals surface area contributed by atoms with Gasteiger partial charge >= 0.3 is 0 Å². The molecule has 0 spiro atoms. The van der Waals surface area contributed by atoms with Gasteiger partial charge in [0.1, 0.15) is 0 Å². The zero-order valence-corrected chi connectivity index (χ0v) is 13.5. The number of nitrogens with zero attached hydrogens (tertiary/aromatic N) is 1. The predicted octanol–water partition coefficient (Wildman–Crippen LogP) is 3.36. The van der Waals surface area contributed by atoms with Gasteiger partial charge in [-0.1, -0.05) is 25.5 Å². The minimum absolute atomic E-state index is 0.762. The van der Waals surface area contributed by atoms with Gasteiger partial charge in [0.2, 0.25) is 0 Å². The maximum atomic E-state index is 5.04. The minimum atomic E-state index is 0.762. The number of unbranched alkanes of at least 4 members (excludes halogenated alkanes) is 1. The highest BCUT2D eigenvalue weighted by Crippen LogP contribution is 2.21. The molecule has 114 valence electrons. The van der Waals surface area contributed by atoms with Crippen LogP contribution >= 0.6 is 0 Å². The van der Waals surface area contributed by atoms with E-state index in [4.69, 9.17) is 4.74 Å². The summed E-state index contributed by atoms with van der Waals surface area (Å²) in [6.07, 6.45) is 2.50. The molecule has 0 saturated carbocycles. The number of methoxy groups -OCH3 is 1. The number of ether oxygens (including phenoxy) is 1. The number of rotatable bonds is 10. The Labute approximate surface area is 124 Å². The van der Waals surface area contributed by atoms with E-state index in [1.165, 1.54) is 29.7 Å². The highest BCUT2D eigenvalue weighted by Gasteiger charge is 2.07. The normalized spacial score (nSPS) is 10.8. The van der Waals surface area contributed by atoms with Crippen molar-refractivity contribution < 1.29 is 4.74 Å². The molecule has 0 fully saturated rings. The molecule has 0 unspecified atom stereocenters. The lowest BCUT2D eigenvalue weighted by Gasteiger charge is -2.25. The van der Waals surface area contributed by atoms with Crippen LogP contribution in [-0.4, -0.2) is 33.4 Å². The molecule has 0 aromatic heterocycles. The molecule has 0 radical (unpaired) electrons. The van der Waals surface area contributed by atoms with Crippen molar-refractivity contribution >= 4 is 5.69 Å². The smallest absolute Gasteiger partial charge is 0.0587 e. The Morgan fingerprint density at radius 3 is 2.65 bits per heavy atom. The quantitative estimate of drug-likeness (QED) is 0.664. The summed E-state index contributed by atoms with van der Waals surface area (Å²) in [6, 6.07) is 6.79. The van der Waals surface area contributed by atoms with Crippen molar-refractivity contribution in [1.29, 1.82) is 0 Å². The molecule has 0 amide bonds. The first kappa shape index (κ1) is 17.0. The van der Waals surface area contributed by atoms with Crippen LogP contribution in [-0.2, 0) is 11.3 Å². The van der Waals surface area contributed by atoms with Gasteiger partial charge in [0.15, 0.2) is 0 Å². The van der Waals surface area contributed by atoms with Gasteiger partial charge in [0.05, 0.1) is 6.61 Å². The molecule has 0 aliphatic rings. The highest BCUT2D eigenvalue weighted by molar-refractivity contribution is 5.54. The lowest BCUT2D eigenvalue weighted by molar-refractivity contribution is 0.199. The Morgan fingerprint density at radius 2 is 2.05 bits per heavy atom. The molecule has 3 nitrogen and oxygen atoms in total. The van der Waals surface area contributed by atoms with Crippen molar-refractivity contribution in [3.63, 3.8) is 0 Å². The molecular weight excluding hydrogens is 248 g/mol. The van der Waals surface area contributed by atoms with Gasteiger partial charge in [0.25, 0.3) is 0 Å². The van der Waals surface area contributed by atoms with E-state index in [2.05, 4.69) is 49.2 Å². The molecule has 0 bridgehead atoms. The van der Waals surface area contributed by atoms with Crippen molar-refractivity contribution in [2.45, 2.75) is 40.2 Å². The first-order valence-electron chi connectivity index (χ1n) is 7.77. The standard InChI is InChI=1S/C17H30N2O/c1-5-7-11-19(6-2)17-9-8-16(13-15(17)3)14-18-10-12-20-4/h8-9,13,18H,5-7,10-12,14H2,1-4H3. The molecule has 0 saturated heterocycles. The van der Waals surface area contributed by atoms with Crippen LogP contribution in [0.5, 0.6) is 0 Å². The number of benzene rings is 1. The van der Waals surface area contributed by atoms with Crippen molar-refractivity contribution in [2.24, 2.45) is 0 Å². The van der Waals surface area contributed by atoms with Crippen LogP contribution < -0.4 is 10.2 Å². The van der Waals surface area contributed by atoms with E-state index < -0.39 is 0 Å². The van der Waals surface area contributed by atoms with Crippen LogP contribution in [0.1, 0.15) is 37.8 Å². The Balaban J connectivity index is 2.61. The zero-order valence-electron chi connectivity index (χ0n) is 13.5. The molecule has 1 aromatic carbocycles. The van der Waals surface area contributed by atoms with Crippen LogP contribution in [0.25, 0.3) is 0 Å². The summed E-state index contributed by atoms with van der Waals surface area (Å²) < 4.78 is 5.04. The molecule has 1 rings (SSSR count). The summed E-state index contributed by atoms with van der Waals surface area (Å²) in [5.74, 6) is 0. The highest BCUT2D eigenvalue weighted by atomic mass is 16.5. The largest absolute Gasteiger partial charge is 0.383 e. The topological polar surface area (TPSA) is 24.5 Å². The Hall–Kier alpha value is -1.06. The lowest BCUT2D eigenvalue weighted by Crippen LogP contribution is -2.25. The second-order valence-corrected chi connectivity index (χ2v) is 5.22.